The van der Waals surface area contributed by atoms with Crippen LogP contribution in [0.15, 0.2) is 48.7 Å². The molecule has 4 rings (SSSR count). The van der Waals surface area contributed by atoms with Gasteiger partial charge in [0.15, 0.2) is 0 Å². The van der Waals surface area contributed by atoms with Crippen molar-refractivity contribution in [2.75, 3.05) is 11.9 Å². The summed E-state index contributed by atoms with van der Waals surface area (Å²) in [6, 6.07) is 11.2. The molecule has 2 amide bonds. The lowest BCUT2D eigenvalue weighted by atomic mass is 10.1. The second-order valence-corrected chi connectivity index (χ2v) is 8.22. The predicted octanol–water partition coefficient (Wildman–Crippen LogP) is 3.81. The molecule has 1 N–H and O–H groups in total. The maximum atomic E-state index is 14.1. The van der Waals surface area contributed by atoms with Crippen LogP contribution in [0.5, 0.6) is 0 Å². The highest BCUT2D eigenvalue weighted by Gasteiger charge is 2.34. The van der Waals surface area contributed by atoms with Gasteiger partial charge in [0.1, 0.15) is 17.5 Å². The van der Waals surface area contributed by atoms with Crippen molar-refractivity contribution in [1.82, 2.24) is 14.7 Å². The first-order valence-electron chi connectivity index (χ1n) is 10.4. The van der Waals surface area contributed by atoms with E-state index in [2.05, 4.69) is 10.4 Å². The van der Waals surface area contributed by atoms with E-state index in [1.165, 1.54) is 4.68 Å². The Hall–Kier alpha value is -3.55. The van der Waals surface area contributed by atoms with Gasteiger partial charge in [-0.3, -0.25) is 9.59 Å². The molecule has 1 aliphatic rings. The average molecular weight is 438 g/mol. The van der Waals surface area contributed by atoms with Gasteiger partial charge in [-0.05, 0) is 37.6 Å². The zero-order chi connectivity index (χ0) is 22.8. The zero-order valence-corrected chi connectivity index (χ0v) is 17.9. The summed E-state index contributed by atoms with van der Waals surface area (Å²) < 4.78 is 29.0. The Morgan fingerprint density at radius 1 is 1.12 bits per heavy atom. The lowest BCUT2D eigenvalue weighted by Crippen LogP contribution is -2.29. The molecule has 0 bridgehead atoms. The van der Waals surface area contributed by atoms with E-state index in [0.717, 1.165) is 29.3 Å². The van der Waals surface area contributed by atoms with E-state index in [9.17, 15) is 18.4 Å². The lowest BCUT2D eigenvalue weighted by Gasteiger charge is -2.17. The fraction of sp³-hybridized carbons (Fsp3) is 0.292. The van der Waals surface area contributed by atoms with Gasteiger partial charge in [0, 0.05) is 30.6 Å². The smallest absolute Gasteiger partial charge is 0.230 e. The molecule has 8 heteroatoms. The van der Waals surface area contributed by atoms with Gasteiger partial charge < -0.3 is 10.2 Å². The second kappa shape index (κ2) is 8.90. The number of aryl methyl sites for hydroxylation is 2. The first-order valence-corrected chi connectivity index (χ1v) is 10.4. The number of rotatable bonds is 6. The molecule has 6 nitrogen and oxygen atoms in total. The number of likely N-dealkylation sites (tertiary alicyclic amines) is 1. The number of amides is 2. The molecule has 0 aliphatic carbocycles. The van der Waals surface area contributed by atoms with Gasteiger partial charge in [-0.1, -0.05) is 29.8 Å². The van der Waals surface area contributed by atoms with Crippen LogP contribution in [0.2, 0.25) is 0 Å². The molecule has 1 unspecified atom stereocenters. The molecule has 1 fully saturated rings. The molecular weight excluding hydrogens is 414 g/mol. The lowest BCUT2D eigenvalue weighted by molar-refractivity contribution is -0.128. The van der Waals surface area contributed by atoms with Crippen molar-refractivity contribution in [3.05, 3.63) is 82.5 Å². The minimum atomic E-state index is -0.551. The Labute approximate surface area is 184 Å². The second-order valence-electron chi connectivity index (χ2n) is 8.22. The number of carbonyl (C=O) groups excluding carboxylic acids is 2. The third-order valence-corrected chi connectivity index (χ3v) is 5.67. The fourth-order valence-electron chi connectivity index (χ4n) is 3.82. The number of carbonyl (C=O) groups is 2. The predicted molar refractivity (Wildman–Crippen MR) is 116 cm³/mol. The molecule has 1 atom stereocenters. The first kappa shape index (κ1) is 21.7. The van der Waals surface area contributed by atoms with E-state index in [4.69, 9.17) is 0 Å². The molecule has 1 aromatic heterocycles. The van der Waals surface area contributed by atoms with Crippen LogP contribution < -0.4 is 5.32 Å². The Morgan fingerprint density at radius 2 is 1.88 bits per heavy atom. The number of hydrogen-bond acceptors (Lipinski definition) is 3. The number of anilines is 1. The third-order valence-electron chi connectivity index (χ3n) is 5.67. The third kappa shape index (κ3) is 4.69. The van der Waals surface area contributed by atoms with Crippen LogP contribution >= 0.6 is 0 Å². The molecule has 0 radical (unpaired) electrons. The van der Waals surface area contributed by atoms with Crippen LogP contribution in [0.25, 0.3) is 0 Å². The summed E-state index contributed by atoms with van der Waals surface area (Å²) in [6.07, 6.45) is 1.68. The summed E-state index contributed by atoms with van der Waals surface area (Å²) in [6.45, 7) is 4.52. The van der Waals surface area contributed by atoms with E-state index in [1.807, 2.05) is 31.2 Å². The highest BCUT2D eigenvalue weighted by atomic mass is 19.1. The Bertz CT molecular complexity index is 1160. The van der Waals surface area contributed by atoms with Crippen LogP contribution in [0.1, 0.15) is 28.7 Å². The Kier molecular flexibility index (Phi) is 6.03. The van der Waals surface area contributed by atoms with Crippen molar-refractivity contribution in [3.63, 3.8) is 0 Å². The van der Waals surface area contributed by atoms with Crippen LogP contribution in [0.4, 0.5) is 14.6 Å². The van der Waals surface area contributed by atoms with E-state index in [-0.39, 0.29) is 30.3 Å². The SMILES string of the molecule is Cc1ccc(CN2CC(C(=O)Nc3c(C)cnn3Cc3cc(F)ccc3F)CC2=O)cc1. The molecule has 166 valence electrons. The van der Waals surface area contributed by atoms with Gasteiger partial charge in [0.05, 0.1) is 18.7 Å². The van der Waals surface area contributed by atoms with Crippen molar-refractivity contribution in [3.8, 4) is 0 Å². The van der Waals surface area contributed by atoms with Crippen molar-refractivity contribution in [2.45, 2.75) is 33.4 Å². The average Bonchev–Trinajstić information content (AvgIpc) is 3.29. The van der Waals surface area contributed by atoms with Gasteiger partial charge >= 0.3 is 0 Å². The molecule has 2 heterocycles. The maximum Gasteiger partial charge on any atom is 0.230 e. The highest BCUT2D eigenvalue weighted by molar-refractivity contribution is 5.97. The summed E-state index contributed by atoms with van der Waals surface area (Å²) in [5, 5.41) is 7.02. The minimum Gasteiger partial charge on any atom is -0.338 e. The van der Waals surface area contributed by atoms with Crippen LogP contribution in [0, 0.1) is 31.4 Å². The van der Waals surface area contributed by atoms with Gasteiger partial charge in [-0.25, -0.2) is 13.5 Å². The fourth-order valence-corrected chi connectivity index (χ4v) is 3.82. The number of nitrogens with zero attached hydrogens (tertiary/aromatic N) is 3. The molecule has 1 saturated heterocycles. The number of benzene rings is 2. The summed E-state index contributed by atoms with van der Waals surface area (Å²) in [4.78, 5) is 27.1. The summed E-state index contributed by atoms with van der Waals surface area (Å²) in [5.74, 6) is -1.56. The minimum absolute atomic E-state index is 0.0316. The quantitative estimate of drug-likeness (QED) is 0.636. The van der Waals surface area contributed by atoms with Crippen molar-refractivity contribution in [1.29, 1.82) is 0 Å². The largest absolute Gasteiger partial charge is 0.338 e. The maximum absolute atomic E-state index is 14.1. The van der Waals surface area contributed by atoms with E-state index in [1.54, 1.807) is 18.0 Å². The van der Waals surface area contributed by atoms with E-state index in [0.29, 0.717) is 24.5 Å². The van der Waals surface area contributed by atoms with Crippen LogP contribution in [-0.2, 0) is 22.7 Å². The van der Waals surface area contributed by atoms with Gasteiger partial charge in [0.2, 0.25) is 11.8 Å². The molecule has 32 heavy (non-hydrogen) atoms. The van der Waals surface area contributed by atoms with E-state index >= 15 is 0 Å². The van der Waals surface area contributed by atoms with Crippen molar-refractivity contribution >= 4 is 17.6 Å². The van der Waals surface area contributed by atoms with Gasteiger partial charge in [0.25, 0.3) is 0 Å². The highest BCUT2D eigenvalue weighted by Crippen LogP contribution is 2.24. The molecule has 1 aliphatic heterocycles. The van der Waals surface area contributed by atoms with Gasteiger partial charge in [-0.2, -0.15) is 5.10 Å². The summed E-state index contributed by atoms with van der Waals surface area (Å²) in [7, 11) is 0. The zero-order valence-electron chi connectivity index (χ0n) is 17.9. The molecule has 2 aromatic carbocycles. The molecular formula is C24H24F2N4O2. The standard InChI is InChI=1S/C24H24F2N4O2/c1-15-3-5-17(6-4-15)12-29-13-19(10-22(29)31)24(32)28-23-16(2)11-27-30(23)14-18-9-20(25)7-8-21(18)26/h3-9,11,19H,10,12-14H2,1-2H3,(H,28,32). The topological polar surface area (TPSA) is 67.2 Å². The molecule has 3 aromatic rings. The molecule has 0 spiro atoms. The van der Waals surface area contributed by atoms with Crippen molar-refractivity contribution in [2.24, 2.45) is 5.92 Å². The monoisotopic (exact) mass is 438 g/mol. The normalized spacial score (nSPS) is 15.9. The number of halogens is 2. The Balaban J connectivity index is 1.44. The summed E-state index contributed by atoms with van der Waals surface area (Å²) >= 11 is 0. The molecule has 0 saturated carbocycles. The van der Waals surface area contributed by atoms with Crippen LogP contribution in [0.3, 0.4) is 0 Å². The van der Waals surface area contributed by atoms with Gasteiger partial charge in [-0.15, -0.1) is 0 Å². The van der Waals surface area contributed by atoms with Crippen LogP contribution in [-0.4, -0.2) is 33.0 Å². The Morgan fingerprint density at radius 3 is 2.62 bits per heavy atom. The van der Waals surface area contributed by atoms with E-state index < -0.39 is 17.6 Å². The number of nitrogens with one attached hydrogen (secondary N) is 1. The number of aromatic nitrogens is 2. The summed E-state index contributed by atoms with van der Waals surface area (Å²) in [5.41, 5.74) is 2.97. The first-order chi connectivity index (χ1) is 15.3. The van der Waals surface area contributed by atoms with Crippen molar-refractivity contribution < 1.29 is 18.4 Å². The number of hydrogen-bond donors (Lipinski definition) is 1.